The molecular weight excluding hydrogens is 210 g/mol. The summed E-state index contributed by atoms with van der Waals surface area (Å²) in [6.45, 7) is 2.04. The molecule has 0 aliphatic heterocycles. The van der Waals surface area contributed by atoms with Gasteiger partial charge in [-0.2, -0.15) is 0 Å². The standard InChI is InChI=1S/C10H13N3O3/c1-2-16-9(15)5-4-8(14)13-10-11-6-3-7-12-10/h3,6-7H,2,4-5H2,1H3,(H,11,12,13,14). The summed E-state index contributed by atoms with van der Waals surface area (Å²) in [5, 5.41) is 2.47. The van der Waals surface area contributed by atoms with Gasteiger partial charge in [0.15, 0.2) is 0 Å². The van der Waals surface area contributed by atoms with Crippen LogP contribution >= 0.6 is 0 Å². The van der Waals surface area contributed by atoms with Crippen molar-refractivity contribution in [2.24, 2.45) is 0 Å². The lowest BCUT2D eigenvalue weighted by atomic mass is 10.3. The van der Waals surface area contributed by atoms with E-state index in [1.54, 1.807) is 13.0 Å². The fourth-order valence-electron chi connectivity index (χ4n) is 1.000. The average molecular weight is 223 g/mol. The minimum absolute atomic E-state index is 0.0620. The van der Waals surface area contributed by atoms with Crippen LogP contribution in [-0.4, -0.2) is 28.5 Å². The summed E-state index contributed by atoms with van der Waals surface area (Å²) in [5.74, 6) is -0.456. The number of nitrogens with one attached hydrogen (secondary N) is 1. The molecule has 1 heterocycles. The van der Waals surface area contributed by atoms with Gasteiger partial charge in [-0.1, -0.05) is 0 Å². The first kappa shape index (κ1) is 12.1. The lowest BCUT2D eigenvalue weighted by Gasteiger charge is -2.02. The van der Waals surface area contributed by atoms with E-state index in [9.17, 15) is 9.59 Å². The summed E-state index contributed by atoms with van der Waals surface area (Å²) >= 11 is 0. The number of amides is 1. The summed E-state index contributed by atoms with van der Waals surface area (Å²) in [6, 6.07) is 1.65. The Balaban J connectivity index is 2.29. The van der Waals surface area contributed by atoms with Crippen LogP contribution < -0.4 is 5.32 Å². The monoisotopic (exact) mass is 223 g/mol. The molecule has 0 radical (unpaired) electrons. The molecule has 1 aromatic rings. The summed E-state index contributed by atoms with van der Waals surface area (Å²) in [7, 11) is 0. The molecule has 0 aliphatic carbocycles. The van der Waals surface area contributed by atoms with Gasteiger partial charge in [0.05, 0.1) is 13.0 Å². The number of hydrogen-bond donors (Lipinski definition) is 1. The number of rotatable bonds is 5. The maximum absolute atomic E-state index is 11.3. The second-order valence-electron chi connectivity index (χ2n) is 2.93. The third-order valence-corrected chi connectivity index (χ3v) is 1.68. The third-order valence-electron chi connectivity index (χ3n) is 1.68. The predicted molar refractivity (Wildman–Crippen MR) is 56.5 cm³/mol. The van der Waals surface area contributed by atoms with E-state index >= 15 is 0 Å². The molecule has 1 amide bonds. The predicted octanol–water partition coefficient (Wildman–Crippen LogP) is 0.758. The van der Waals surface area contributed by atoms with E-state index < -0.39 is 0 Å². The number of nitrogens with zero attached hydrogens (tertiary/aromatic N) is 2. The Hall–Kier alpha value is -1.98. The Kier molecular flexibility index (Phi) is 4.91. The van der Waals surface area contributed by atoms with Gasteiger partial charge in [-0.15, -0.1) is 0 Å². The smallest absolute Gasteiger partial charge is 0.306 e. The zero-order valence-corrected chi connectivity index (χ0v) is 8.97. The van der Waals surface area contributed by atoms with E-state index in [1.807, 2.05) is 0 Å². The Bertz CT molecular complexity index is 354. The van der Waals surface area contributed by atoms with Gasteiger partial charge in [0.25, 0.3) is 0 Å². The highest BCUT2D eigenvalue weighted by Crippen LogP contribution is 1.98. The van der Waals surface area contributed by atoms with Crippen LogP contribution in [0.25, 0.3) is 0 Å². The molecule has 86 valence electrons. The van der Waals surface area contributed by atoms with Crippen molar-refractivity contribution in [3.8, 4) is 0 Å². The SMILES string of the molecule is CCOC(=O)CCC(=O)Nc1ncccn1. The summed E-state index contributed by atoms with van der Waals surface area (Å²) in [6.07, 6.45) is 3.17. The Morgan fingerprint density at radius 3 is 2.62 bits per heavy atom. The van der Waals surface area contributed by atoms with E-state index in [0.29, 0.717) is 6.61 Å². The zero-order chi connectivity index (χ0) is 11.8. The van der Waals surface area contributed by atoms with Crippen molar-refractivity contribution in [1.82, 2.24) is 9.97 Å². The van der Waals surface area contributed by atoms with Gasteiger partial charge >= 0.3 is 5.97 Å². The average Bonchev–Trinajstić information content (AvgIpc) is 2.28. The lowest BCUT2D eigenvalue weighted by molar-refractivity contribution is -0.144. The van der Waals surface area contributed by atoms with E-state index in [0.717, 1.165) is 0 Å². The molecule has 0 spiro atoms. The van der Waals surface area contributed by atoms with Crippen LogP contribution in [0.15, 0.2) is 18.5 Å². The summed E-state index contributed by atoms with van der Waals surface area (Å²) < 4.78 is 4.69. The normalized spacial score (nSPS) is 9.56. The maximum Gasteiger partial charge on any atom is 0.306 e. The third kappa shape index (κ3) is 4.50. The largest absolute Gasteiger partial charge is 0.466 e. The van der Waals surface area contributed by atoms with E-state index in [4.69, 9.17) is 4.74 Å². The zero-order valence-electron chi connectivity index (χ0n) is 8.97. The van der Waals surface area contributed by atoms with E-state index in [2.05, 4.69) is 15.3 Å². The highest BCUT2D eigenvalue weighted by atomic mass is 16.5. The first-order valence-electron chi connectivity index (χ1n) is 4.95. The molecule has 1 aromatic heterocycles. The number of anilines is 1. The molecule has 0 unspecified atom stereocenters. The van der Waals surface area contributed by atoms with Crippen LogP contribution in [0.4, 0.5) is 5.95 Å². The van der Waals surface area contributed by atoms with Crippen molar-refractivity contribution in [2.45, 2.75) is 19.8 Å². The van der Waals surface area contributed by atoms with Crippen LogP contribution in [0.5, 0.6) is 0 Å². The fraction of sp³-hybridized carbons (Fsp3) is 0.400. The van der Waals surface area contributed by atoms with Crippen molar-refractivity contribution < 1.29 is 14.3 Å². The van der Waals surface area contributed by atoms with Crippen molar-refractivity contribution in [3.63, 3.8) is 0 Å². The molecule has 6 nitrogen and oxygen atoms in total. The first-order valence-corrected chi connectivity index (χ1v) is 4.95. The minimum atomic E-state index is -0.383. The molecule has 0 aromatic carbocycles. The minimum Gasteiger partial charge on any atom is -0.466 e. The van der Waals surface area contributed by atoms with Crippen LogP contribution in [0.2, 0.25) is 0 Å². The highest BCUT2D eigenvalue weighted by Gasteiger charge is 2.08. The summed E-state index contributed by atoms with van der Waals surface area (Å²) in [4.78, 5) is 29.9. The van der Waals surface area contributed by atoms with Crippen molar-refractivity contribution in [1.29, 1.82) is 0 Å². The second kappa shape index (κ2) is 6.49. The number of esters is 1. The quantitative estimate of drug-likeness (QED) is 0.745. The second-order valence-corrected chi connectivity index (χ2v) is 2.93. The van der Waals surface area contributed by atoms with E-state index in [-0.39, 0.29) is 30.7 Å². The molecule has 1 rings (SSSR count). The van der Waals surface area contributed by atoms with Gasteiger partial charge < -0.3 is 4.74 Å². The molecule has 0 bridgehead atoms. The molecule has 0 saturated carbocycles. The van der Waals surface area contributed by atoms with Gasteiger partial charge in [-0.3, -0.25) is 14.9 Å². The summed E-state index contributed by atoms with van der Waals surface area (Å²) in [5.41, 5.74) is 0. The van der Waals surface area contributed by atoms with Crippen molar-refractivity contribution in [3.05, 3.63) is 18.5 Å². The number of aromatic nitrogens is 2. The molecule has 0 atom stereocenters. The van der Waals surface area contributed by atoms with Gasteiger partial charge in [-0.25, -0.2) is 9.97 Å². The van der Waals surface area contributed by atoms with Crippen LogP contribution in [0.1, 0.15) is 19.8 Å². The lowest BCUT2D eigenvalue weighted by Crippen LogP contribution is -2.16. The molecule has 0 aliphatic rings. The number of carbonyl (C=O) groups excluding carboxylic acids is 2. The molecule has 0 fully saturated rings. The highest BCUT2D eigenvalue weighted by molar-refractivity contribution is 5.90. The van der Waals surface area contributed by atoms with Crippen LogP contribution in [-0.2, 0) is 14.3 Å². The van der Waals surface area contributed by atoms with Gasteiger partial charge in [0.2, 0.25) is 11.9 Å². The fourth-order valence-corrected chi connectivity index (χ4v) is 1.000. The van der Waals surface area contributed by atoms with Crippen LogP contribution in [0.3, 0.4) is 0 Å². The number of hydrogen-bond acceptors (Lipinski definition) is 5. The van der Waals surface area contributed by atoms with Crippen molar-refractivity contribution in [2.75, 3.05) is 11.9 Å². The Morgan fingerprint density at radius 2 is 2.00 bits per heavy atom. The van der Waals surface area contributed by atoms with Gasteiger partial charge in [0, 0.05) is 18.8 Å². The van der Waals surface area contributed by atoms with Gasteiger partial charge in [-0.05, 0) is 13.0 Å². The first-order chi connectivity index (χ1) is 7.72. The molecule has 0 saturated heterocycles. The molecule has 16 heavy (non-hydrogen) atoms. The molecule has 6 heteroatoms. The van der Waals surface area contributed by atoms with Gasteiger partial charge in [0.1, 0.15) is 0 Å². The molecule has 1 N–H and O–H groups in total. The van der Waals surface area contributed by atoms with E-state index in [1.165, 1.54) is 12.4 Å². The van der Waals surface area contributed by atoms with Crippen LogP contribution in [0, 0.1) is 0 Å². The number of carbonyl (C=O) groups is 2. The molecular formula is C10H13N3O3. The van der Waals surface area contributed by atoms with Crippen molar-refractivity contribution >= 4 is 17.8 Å². The Labute approximate surface area is 93.0 Å². The number of ether oxygens (including phenoxy) is 1. The Morgan fingerprint density at radius 1 is 1.31 bits per heavy atom. The topological polar surface area (TPSA) is 81.2 Å². The maximum atomic E-state index is 11.3.